The van der Waals surface area contributed by atoms with Crippen molar-refractivity contribution < 1.29 is 14.3 Å². The number of nitrogens with one attached hydrogen (secondary N) is 2. The summed E-state index contributed by atoms with van der Waals surface area (Å²) in [6.07, 6.45) is 4.03. The van der Waals surface area contributed by atoms with Crippen LogP contribution in [0.5, 0.6) is 0 Å². The van der Waals surface area contributed by atoms with Gasteiger partial charge in [-0.1, -0.05) is 6.58 Å². The van der Waals surface area contributed by atoms with Crippen LogP contribution in [0.3, 0.4) is 0 Å². The summed E-state index contributed by atoms with van der Waals surface area (Å²) < 4.78 is 4.62. The normalized spacial score (nSPS) is 10.0. The van der Waals surface area contributed by atoms with Gasteiger partial charge in [-0.3, -0.25) is 0 Å². The number of unbranched alkanes of at least 4 members (excludes halogenated alkanes) is 1. The topological polar surface area (TPSA) is 93.4 Å². The average molecular weight is 241 g/mol. The van der Waals surface area contributed by atoms with Gasteiger partial charge in [0.05, 0.1) is 0 Å². The fourth-order valence-electron chi connectivity index (χ4n) is 0.828. The third-order valence-corrected chi connectivity index (χ3v) is 1.72. The first-order valence-electron chi connectivity index (χ1n) is 5.34. The molecule has 17 heavy (non-hydrogen) atoms. The van der Waals surface area contributed by atoms with Gasteiger partial charge < -0.3 is 21.1 Å². The zero-order valence-corrected chi connectivity index (χ0v) is 9.99. The summed E-state index contributed by atoms with van der Waals surface area (Å²) in [5, 5.41) is 5.00. The molecule has 0 spiro atoms. The summed E-state index contributed by atoms with van der Waals surface area (Å²) >= 11 is 0. The molecule has 0 heterocycles. The van der Waals surface area contributed by atoms with Crippen molar-refractivity contribution in [3.8, 4) is 0 Å². The summed E-state index contributed by atoms with van der Waals surface area (Å²) in [5.74, 6) is -0.536. The van der Waals surface area contributed by atoms with E-state index >= 15 is 0 Å². The van der Waals surface area contributed by atoms with E-state index in [0.29, 0.717) is 18.7 Å². The Hall–Kier alpha value is -1.82. The van der Waals surface area contributed by atoms with Crippen LogP contribution >= 0.6 is 0 Å². The van der Waals surface area contributed by atoms with E-state index in [2.05, 4.69) is 21.9 Å². The second-order valence-electron chi connectivity index (χ2n) is 3.38. The maximum absolute atomic E-state index is 11.1. The van der Waals surface area contributed by atoms with Crippen LogP contribution in [-0.2, 0) is 9.53 Å². The minimum absolute atomic E-state index is 0.292. The van der Waals surface area contributed by atoms with Crippen molar-refractivity contribution in [3.63, 3.8) is 0 Å². The largest absolute Gasteiger partial charge is 0.430 e. The lowest BCUT2D eigenvalue weighted by molar-refractivity contribution is -0.133. The molecule has 0 atom stereocenters. The number of ether oxygens (including phenoxy) is 1. The molecular formula is C11H19N3O3. The molecule has 0 aromatic rings. The first kappa shape index (κ1) is 15.2. The van der Waals surface area contributed by atoms with Crippen molar-refractivity contribution in [2.24, 2.45) is 5.73 Å². The minimum atomic E-state index is -0.536. The van der Waals surface area contributed by atoms with E-state index in [9.17, 15) is 9.59 Å². The van der Waals surface area contributed by atoms with E-state index in [1.54, 1.807) is 0 Å². The first-order chi connectivity index (χ1) is 8.07. The lowest BCUT2D eigenvalue weighted by atomic mass is 10.3. The predicted octanol–water partition coefficient (Wildman–Crippen LogP) is 0.615. The van der Waals surface area contributed by atoms with E-state index in [4.69, 9.17) is 5.73 Å². The number of carbonyl (C=O) groups is 2. The quantitative estimate of drug-likeness (QED) is 0.263. The minimum Gasteiger partial charge on any atom is -0.430 e. The molecule has 2 amide bonds. The van der Waals surface area contributed by atoms with Gasteiger partial charge in [0.1, 0.15) is 6.26 Å². The number of hydrogen-bond donors (Lipinski definition) is 3. The summed E-state index contributed by atoms with van der Waals surface area (Å²) in [6.45, 7) is 6.11. The number of rotatable bonds is 7. The number of nitrogens with two attached hydrogens (primary N) is 1. The van der Waals surface area contributed by atoms with Crippen LogP contribution in [0.4, 0.5) is 4.79 Å². The van der Waals surface area contributed by atoms with Gasteiger partial charge in [0.25, 0.3) is 0 Å². The molecule has 4 N–H and O–H groups in total. The first-order valence-corrected chi connectivity index (χ1v) is 5.34. The number of urea groups is 1. The predicted molar refractivity (Wildman–Crippen MR) is 64.9 cm³/mol. The van der Waals surface area contributed by atoms with Crippen LogP contribution in [0.2, 0.25) is 0 Å². The molecule has 0 saturated carbocycles. The Morgan fingerprint density at radius 3 is 2.71 bits per heavy atom. The third kappa shape index (κ3) is 9.13. The second kappa shape index (κ2) is 9.41. The highest BCUT2D eigenvalue weighted by Gasteiger charge is 1.99. The zero-order valence-electron chi connectivity index (χ0n) is 9.99. The van der Waals surface area contributed by atoms with Gasteiger partial charge in [-0.05, 0) is 26.3 Å². The molecule has 96 valence electrons. The molecule has 0 aromatic heterocycles. The molecule has 0 aromatic carbocycles. The van der Waals surface area contributed by atoms with Crippen molar-refractivity contribution in [2.45, 2.75) is 19.8 Å². The third-order valence-electron chi connectivity index (χ3n) is 1.72. The van der Waals surface area contributed by atoms with Gasteiger partial charge in [-0.2, -0.15) is 0 Å². The number of carbonyl (C=O) groups excluding carboxylic acids is 2. The monoisotopic (exact) mass is 241 g/mol. The van der Waals surface area contributed by atoms with Gasteiger partial charge in [0.15, 0.2) is 0 Å². The summed E-state index contributed by atoms with van der Waals surface area (Å²) in [6, 6.07) is -0.357. The summed E-state index contributed by atoms with van der Waals surface area (Å²) in [7, 11) is 0. The number of esters is 1. The SMILES string of the molecule is C=C(C)C(=O)O/C=C/NC(=O)NCCCCN. The van der Waals surface area contributed by atoms with Gasteiger partial charge in [-0.15, -0.1) is 0 Å². The highest BCUT2D eigenvalue weighted by atomic mass is 16.5. The van der Waals surface area contributed by atoms with E-state index < -0.39 is 5.97 Å². The second-order valence-corrected chi connectivity index (χ2v) is 3.38. The maximum atomic E-state index is 11.1. The molecule has 0 saturated heterocycles. The summed E-state index contributed by atoms with van der Waals surface area (Å²) in [4.78, 5) is 22.0. The van der Waals surface area contributed by atoms with Crippen molar-refractivity contribution in [1.29, 1.82) is 0 Å². The van der Waals surface area contributed by atoms with E-state index in [1.807, 2.05) is 0 Å². The van der Waals surface area contributed by atoms with Crippen molar-refractivity contribution in [3.05, 3.63) is 24.6 Å². The van der Waals surface area contributed by atoms with Crippen molar-refractivity contribution >= 4 is 12.0 Å². The molecule has 0 radical (unpaired) electrons. The molecule has 0 rings (SSSR count). The van der Waals surface area contributed by atoms with E-state index in [0.717, 1.165) is 19.1 Å². The van der Waals surface area contributed by atoms with E-state index in [1.165, 1.54) is 13.1 Å². The van der Waals surface area contributed by atoms with Crippen LogP contribution in [0.15, 0.2) is 24.6 Å². The standard InChI is InChI=1S/C11H19N3O3/c1-9(2)10(15)17-8-7-14-11(16)13-6-4-3-5-12/h7-8H,1,3-6,12H2,2H3,(H2,13,14,16)/b8-7+. The Morgan fingerprint density at radius 2 is 2.12 bits per heavy atom. The Kier molecular flexibility index (Phi) is 8.40. The number of hydrogen-bond acceptors (Lipinski definition) is 4. The molecule has 0 fully saturated rings. The Balaban J connectivity index is 3.59. The van der Waals surface area contributed by atoms with Crippen LogP contribution in [-0.4, -0.2) is 25.1 Å². The lowest BCUT2D eigenvalue weighted by Crippen LogP contribution is -2.33. The van der Waals surface area contributed by atoms with Crippen LogP contribution in [0.1, 0.15) is 19.8 Å². The van der Waals surface area contributed by atoms with Crippen molar-refractivity contribution in [2.75, 3.05) is 13.1 Å². The Labute approximate surface area is 101 Å². The highest BCUT2D eigenvalue weighted by Crippen LogP contribution is 1.91. The van der Waals surface area contributed by atoms with Gasteiger partial charge >= 0.3 is 12.0 Å². The van der Waals surface area contributed by atoms with E-state index in [-0.39, 0.29) is 6.03 Å². The Morgan fingerprint density at radius 1 is 1.41 bits per heavy atom. The smallest absolute Gasteiger partial charge is 0.337 e. The van der Waals surface area contributed by atoms with Gasteiger partial charge in [0.2, 0.25) is 0 Å². The molecule has 6 nitrogen and oxygen atoms in total. The van der Waals surface area contributed by atoms with Crippen molar-refractivity contribution in [1.82, 2.24) is 10.6 Å². The Bertz CT molecular complexity index is 300. The zero-order chi connectivity index (χ0) is 13.1. The molecule has 0 aliphatic rings. The van der Waals surface area contributed by atoms with Crippen LogP contribution in [0.25, 0.3) is 0 Å². The maximum Gasteiger partial charge on any atom is 0.337 e. The molecule has 6 heteroatoms. The van der Waals surface area contributed by atoms with Crippen LogP contribution < -0.4 is 16.4 Å². The highest BCUT2D eigenvalue weighted by molar-refractivity contribution is 5.87. The molecular weight excluding hydrogens is 222 g/mol. The fraction of sp³-hybridized carbons (Fsp3) is 0.455. The molecule has 0 bridgehead atoms. The number of amides is 2. The van der Waals surface area contributed by atoms with Gasteiger partial charge in [-0.25, -0.2) is 9.59 Å². The lowest BCUT2D eigenvalue weighted by Gasteiger charge is -2.03. The summed E-state index contributed by atoms with van der Waals surface area (Å²) in [5.41, 5.74) is 5.59. The van der Waals surface area contributed by atoms with Crippen LogP contribution in [0, 0.1) is 0 Å². The van der Waals surface area contributed by atoms with Gasteiger partial charge in [0, 0.05) is 18.3 Å². The molecule has 0 aliphatic heterocycles. The average Bonchev–Trinajstić information content (AvgIpc) is 2.29. The molecule has 0 aliphatic carbocycles. The molecule has 0 unspecified atom stereocenters. The fourth-order valence-corrected chi connectivity index (χ4v) is 0.828.